The molecule has 0 bridgehead atoms. The lowest BCUT2D eigenvalue weighted by Crippen LogP contribution is -2.40. The van der Waals surface area contributed by atoms with E-state index in [-0.39, 0.29) is 10.5 Å². The van der Waals surface area contributed by atoms with Gasteiger partial charge in [-0.05, 0) is 30.7 Å². The van der Waals surface area contributed by atoms with Crippen LogP contribution in [-0.2, 0) is 14.8 Å². The van der Waals surface area contributed by atoms with E-state index < -0.39 is 34.4 Å². The molecule has 4 N–H and O–H groups in total. The number of aryl methyl sites for hydroxylation is 1. The quantitative estimate of drug-likeness (QED) is 0.658. The van der Waals surface area contributed by atoms with Crippen LogP contribution in [0.15, 0.2) is 23.1 Å². The van der Waals surface area contributed by atoms with Gasteiger partial charge in [-0.1, -0.05) is 0 Å². The van der Waals surface area contributed by atoms with Gasteiger partial charge in [-0.3, -0.25) is 4.79 Å². The molecule has 0 heterocycles. The number of carbonyl (C=O) groups excluding carboxylic acids is 1. The van der Waals surface area contributed by atoms with Gasteiger partial charge in [0.05, 0.1) is 4.90 Å². The third-order valence-corrected chi connectivity index (χ3v) is 3.81. The Labute approximate surface area is 104 Å². The molecule has 1 unspecified atom stereocenters. The summed E-state index contributed by atoms with van der Waals surface area (Å²) in [5.41, 5.74) is 5.00. The number of rotatable bonds is 5. The minimum absolute atomic E-state index is 0.124. The summed E-state index contributed by atoms with van der Waals surface area (Å²) in [7, 11) is -3.92. The Morgan fingerprint density at radius 2 is 2.17 bits per heavy atom. The predicted octanol–water partition coefficient (Wildman–Crippen LogP) is -0.741. The lowest BCUT2D eigenvalue weighted by Gasteiger charge is -2.11. The van der Waals surface area contributed by atoms with E-state index in [4.69, 9.17) is 10.8 Å². The maximum atomic E-state index is 12.8. The number of aliphatic hydroxyl groups is 1. The number of halogens is 1. The number of nitrogens with two attached hydrogens (primary N) is 1. The molecule has 100 valence electrons. The summed E-state index contributed by atoms with van der Waals surface area (Å²) in [5, 5.41) is 9.09. The molecule has 18 heavy (non-hydrogen) atoms. The van der Waals surface area contributed by atoms with Crippen LogP contribution in [-0.4, -0.2) is 32.1 Å². The van der Waals surface area contributed by atoms with Crippen LogP contribution in [0.1, 0.15) is 5.56 Å². The zero-order chi connectivity index (χ0) is 13.9. The molecule has 1 aromatic rings. The zero-order valence-corrected chi connectivity index (χ0v) is 10.4. The van der Waals surface area contributed by atoms with E-state index >= 15 is 0 Å². The van der Waals surface area contributed by atoms with Gasteiger partial charge in [0.15, 0.2) is 0 Å². The molecule has 6 nitrogen and oxygen atoms in total. The van der Waals surface area contributed by atoms with Crippen LogP contribution in [0.25, 0.3) is 0 Å². The highest BCUT2D eigenvalue weighted by Crippen LogP contribution is 2.15. The van der Waals surface area contributed by atoms with Crippen molar-refractivity contribution >= 4 is 15.9 Å². The summed E-state index contributed by atoms with van der Waals surface area (Å²) in [6.07, 6.45) is -1.61. The first-order valence-corrected chi connectivity index (χ1v) is 6.45. The van der Waals surface area contributed by atoms with Crippen molar-refractivity contribution in [2.45, 2.75) is 17.9 Å². The van der Waals surface area contributed by atoms with E-state index in [2.05, 4.69) is 0 Å². The fourth-order valence-corrected chi connectivity index (χ4v) is 2.54. The molecule has 0 aliphatic heterocycles. The van der Waals surface area contributed by atoms with Crippen LogP contribution < -0.4 is 10.5 Å². The van der Waals surface area contributed by atoms with Crippen LogP contribution in [0.5, 0.6) is 0 Å². The summed E-state index contributed by atoms with van der Waals surface area (Å²) in [5.74, 6) is -1.59. The van der Waals surface area contributed by atoms with Crippen molar-refractivity contribution in [3.63, 3.8) is 0 Å². The average Bonchev–Trinajstić information content (AvgIpc) is 2.25. The number of amides is 1. The molecule has 0 saturated heterocycles. The van der Waals surface area contributed by atoms with Gasteiger partial charge in [-0.2, -0.15) is 0 Å². The lowest BCUT2D eigenvalue weighted by atomic mass is 10.2. The SMILES string of the molecule is Cc1cc(F)ccc1S(=O)(=O)NCC(O)C(N)=O. The standard InChI is InChI=1S/C10H13FN2O4S/c1-6-4-7(11)2-3-9(6)18(16,17)13-5-8(14)10(12)15/h2-4,8,13-14H,5H2,1H3,(H2,12,15). The highest BCUT2D eigenvalue weighted by atomic mass is 32.2. The Morgan fingerprint density at radius 1 is 1.56 bits per heavy atom. The van der Waals surface area contributed by atoms with Gasteiger partial charge in [0, 0.05) is 6.54 Å². The topological polar surface area (TPSA) is 109 Å². The van der Waals surface area contributed by atoms with Crippen LogP contribution in [0.2, 0.25) is 0 Å². The molecule has 1 atom stereocenters. The average molecular weight is 276 g/mol. The number of sulfonamides is 1. The van der Waals surface area contributed by atoms with E-state index in [1.54, 1.807) is 0 Å². The molecule has 0 aromatic heterocycles. The van der Waals surface area contributed by atoms with Gasteiger partial charge in [0.25, 0.3) is 0 Å². The van der Waals surface area contributed by atoms with E-state index in [0.717, 1.165) is 18.2 Å². The minimum atomic E-state index is -3.92. The minimum Gasteiger partial charge on any atom is -0.382 e. The zero-order valence-electron chi connectivity index (χ0n) is 9.55. The number of carbonyl (C=O) groups is 1. The number of hydrogen-bond acceptors (Lipinski definition) is 4. The number of nitrogens with one attached hydrogen (secondary N) is 1. The molecular weight excluding hydrogens is 263 g/mol. The van der Waals surface area contributed by atoms with Crippen molar-refractivity contribution in [1.82, 2.24) is 4.72 Å². The fourth-order valence-electron chi connectivity index (χ4n) is 1.28. The molecule has 1 amide bonds. The predicted molar refractivity (Wildman–Crippen MR) is 61.5 cm³/mol. The van der Waals surface area contributed by atoms with Gasteiger partial charge < -0.3 is 10.8 Å². The number of aliphatic hydroxyl groups excluding tert-OH is 1. The van der Waals surface area contributed by atoms with Crippen molar-refractivity contribution < 1.29 is 22.7 Å². The van der Waals surface area contributed by atoms with Gasteiger partial charge in [0.1, 0.15) is 11.9 Å². The second kappa shape index (κ2) is 5.42. The first kappa shape index (κ1) is 14.6. The van der Waals surface area contributed by atoms with Gasteiger partial charge in [-0.15, -0.1) is 0 Å². The number of benzene rings is 1. The second-order valence-electron chi connectivity index (χ2n) is 3.68. The Bertz CT molecular complexity index is 559. The number of hydrogen-bond donors (Lipinski definition) is 3. The lowest BCUT2D eigenvalue weighted by molar-refractivity contribution is -0.125. The second-order valence-corrected chi connectivity index (χ2v) is 5.42. The first-order chi connectivity index (χ1) is 8.24. The highest BCUT2D eigenvalue weighted by molar-refractivity contribution is 7.89. The van der Waals surface area contributed by atoms with Crippen molar-refractivity contribution in [3.8, 4) is 0 Å². The molecule has 0 radical (unpaired) electrons. The summed E-state index contributed by atoms with van der Waals surface area (Å²) in [4.78, 5) is 10.4. The normalized spacial score (nSPS) is 13.3. The van der Waals surface area contributed by atoms with Crippen molar-refractivity contribution in [3.05, 3.63) is 29.6 Å². The molecule has 1 aromatic carbocycles. The van der Waals surface area contributed by atoms with Crippen molar-refractivity contribution in [2.75, 3.05) is 6.54 Å². The Balaban J connectivity index is 2.90. The highest BCUT2D eigenvalue weighted by Gasteiger charge is 2.20. The van der Waals surface area contributed by atoms with Crippen molar-refractivity contribution in [1.29, 1.82) is 0 Å². The Morgan fingerprint density at radius 3 is 2.67 bits per heavy atom. The van der Waals surface area contributed by atoms with Crippen LogP contribution >= 0.6 is 0 Å². The third-order valence-electron chi connectivity index (χ3n) is 2.22. The van der Waals surface area contributed by atoms with E-state index in [0.29, 0.717) is 0 Å². The summed E-state index contributed by atoms with van der Waals surface area (Å²) in [6.45, 7) is 0.899. The maximum Gasteiger partial charge on any atom is 0.247 e. The summed E-state index contributed by atoms with van der Waals surface area (Å²) >= 11 is 0. The van der Waals surface area contributed by atoms with Crippen LogP contribution in [0.4, 0.5) is 4.39 Å². The molecule has 0 saturated carbocycles. The van der Waals surface area contributed by atoms with Crippen LogP contribution in [0.3, 0.4) is 0 Å². The van der Waals surface area contributed by atoms with Gasteiger partial charge in [0.2, 0.25) is 15.9 Å². The van der Waals surface area contributed by atoms with E-state index in [1.807, 2.05) is 4.72 Å². The summed E-state index contributed by atoms with van der Waals surface area (Å²) < 4.78 is 38.4. The van der Waals surface area contributed by atoms with Crippen LogP contribution in [0, 0.1) is 12.7 Å². The Kier molecular flexibility index (Phi) is 4.38. The van der Waals surface area contributed by atoms with Crippen molar-refractivity contribution in [2.24, 2.45) is 5.73 Å². The molecule has 0 aliphatic rings. The first-order valence-electron chi connectivity index (χ1n) is 4.97. The Hall–Kier alpha value is -1.51. The largest absolute Gasteiger partial charge is 0.382 e. The molecule has 1 rings (SSSR count). The number of primary amides is 1. The van der Waals surface area contributed by atoms with E-state index in [1.165, 1.54) is 6.92 Å². The molecule has 0 spiro atoms. The molecular formula is C10H13FN2O4S. The summed E-state index contributed by atoms with van der Waals surface area (Å²) in [6, 6.07) is 3.18. The third kappa shape index (κ3) is 3.49. The monoisotopic (exact) mass is 276 g/mol. The molecule has 0 aliphatic carbocycles. The van der Waals surface area contributed by atoms with Gasteiger partial charge in [-0.25, -0.2) is 17.5 Å². The fraction of sp³-hybridized carbons (Fsp3) is 0.300. The maximum absolute atomic E-state index is 12.8. The van der Waals surface area contributed by atoms with Gasteiger partial charge >= 0.3 is 0 Å². The molecule has 8 heteroatoms. The molecule has 0 fully saturated rings. The van der Waals surface area contributed by atoms with E-state index in [9.17, 15) is 17.6 Å². The smallest absolute Gasteiger partial charge is 0.247 e.